The maximum atomic E-state index is 5.46. The molecule has 0 amide bonds. The summed E-state index contributed by atoms with van der Waals surface area (Å²) in [6.45, 7) is 0. The minimum absolute atomic E-state index is 0.0843. The Labute approximate surface area is 88.2 Å². The highest BCUT2D eigenvalue weighted by atomic mass is 32.1. The first-order valence-corrected chi connectivity index (χ1v) is 5.22. The lowest BCUT2D eigenvalue weighted by Crippen LogP contribution is -2.27. The molecule has 3 N–H and O–H groups in total. The van der Waals surface area contributed by atoms with Crippen LogP contribution < -0.4 is 16.0 Å². The zero-order chi connectivity index (χ0) is 10.4. The maximum absolute atomic E-state index is 5.46. The Bertz CT molecular complexity index is 316. The summed E-state index contributed by atoms with van der Waals surface area (Å²) in [7, 11) is 1.65. The summed E-state index contributed by atoms with van der Waals surface area (Å²) in [6.07, 6.45) is 6.74. The molecule has 0 aliphatic carbocycles. The highest BCUT2D eigenvalue weighted by Crippen LogP contribution is 2.32. The van der Waals surface area contributed by atoms with Crippen molar-refractivity contribution < 1.29 is 4.74 Å². The molecule has 0 radical (unpaired) electrons. The third-order valence-electron chi connectivity index (χ3n) is 1.97. The molecule has 1 aromatic rings. The quantitative estimate of drug-likeness (QED) is 0.441. The number of hydrogen-bond acceptors (Lipinski definition) is 4. The SMILES string of the molecule is C#CCCC(NN)c1sccc1OC. The summed E-state index contributed by atoms with van der Waals surface area (Å²) >= 11 is 1.62. The highest BCUT2D eigenvalue weighted by molar-refractivity contribution is 7.10. The number of terminal acetylenes is 1. The molecule has 0 saturated carbocycles. The number of nitrogens with one attached hydrogen (secondary N) is 1. The van der Waals surface area contributed by atoms with Crippen LogP contribution in [0.1, 0.15) is 23.8 Å². The van der Waals surface area contributed by atoms with Crippen LogP contribution in [0.5, 0.6) is 5.75 Å². The molecule has 0 spiro atoms. The first kappa shape index (κ1) is 11.1. The van der Waals surface area contributed by atoms with E-state index in [9.17, 15) is 0 Å². The van der Waals surface area contributed by atoms with Gasteiger partial charge in [0.1, 0.15) is 5.75 Å². The number of hydrogen-bond donors (Lipinski definition) is 2. The third-order valence-corrected chi connectivity index (χ3v) is 2.98. The normalized spacial score (nSPS) is 12.1. The first-order chi connectivity index (χ1) is 6.83. The second-order valence-electron chi connectivity index (χ2n) is 2.82. The minimum Gasteiger partial charge on any atom is -0.496 e. The average molecular weight is 210 g/mol. The van der Waals surface area contributed by atoms with E-state index in [0.29, 0.717) is 6.42 Å². The van der Waals surface area contributed by atoms with Gasteiger partial charge in [0.15, 0.2) is 0 Å². The zero-order valence-electron chi connectivity index (χ0n) is 8.12. The van der Waals surface area contributed by atoms with Gasteiger partial charge < -0.3 is 4.74 Å². The average Bonchev–Trinajstić information content (AvgIpc) is 2.67. The van der Waals surface area contributed by atoms with E-state index in [2.05, 4.69) is 11.3 Å². The second kappa shape index (κ2) is 5.66. The van der Waals surface area contributed by atoms with Gasteiger partial charge in [-0.15, -0.1) is 23.7 Å². The first-order valence-electron chi connectivity index (χ1n) is 4.34. The molecule has 14 heavy (non-hydrogen) atoms. The fraction of sp³-hybridized carbons (Fsp3) is 0.400. The van der Waals surface area contributed by atoms with Crippen molar-refractivity contribution in [2.75, 3.05) is 7.11 Å². The fourth-order valence-electron chi connectivity index (χ4n) is 1.25. The van der Waals surface area contributed by atoms with Gasteiger partial charge in [-0.2, -0.15) is 0 Å². The van der Waals surface area contributed by atoms with Crippen LogP contribution in [0.4, 0.5) is 0 Å². The van der Waals surface area contributed by atoms with Gasteiger partial charge in [0, 0.05) is 6.42 Å². The molecule has 0 saturated heterocycles. The number of thiophene rings is 1. The molecule has 0 fully saturated rings. The van der Waals surface area contributed by atoms with Crippen LogP contribution in [-0.4, -0.2) is 7.11 Å². The Morgan fingerprint density at radius 2 is 2.57 bits per heavy atom. The lowest BCUT2D eigenvalue weighted by atomic mass is 10.1. The number of hydrazine groups is 1. The summed E-state index contributed by atoms with van der Waals surface area (Å²) in [6, 6.07) is 2.02. The molecule has 1 atom stereocenters. The van der Waals surface area contributed by atoms with Crippen molar-refractivity contribution in [2.24, 2.45) is 5.84 Å². The van der Waals surface area contributed by atoms with E-state index in [4.69, 9.17) is 17.0 Å². The Kier molecular flexibility index (Phi) is 4.47. The molecule has 0 bridgehead atoms. The molecule has 0 aromatic carbocycles. The number of nitrogens with two attached hydrogens (primary N) is 1. The Hall–Kier alpha value is -1.02. The van der Waals surface area contributed by atoms with Crippen molar-refractivity contribution in [3.63, 3.8) is 0 Å². The Morgan fingerprint density at radius 1 is 1.79 bits per heavy atom. The van der Waals surface area contributed by atoms with E-state index in [1.165, 1.54) is 0 Å². The van der Waals surface area contributed by atoms with Gasteiger partial charge in [0.2, 0.25) is 0 Å². The molecule has 1 heterocycles. The van der Waals surface area contributed by atoms with Crippen molar-refractivity contribution in [1.82, 2.24) is 5.43 Å². The van der Waals surface area contributed by atoms with Crippen molar-refractivity contribution in [3.05, 3.63) is 16.3 Å². The molecule has 1 rings (SSSR count). The van der Waals surface area contributed by atoms with Gasteiger partial charge in [-0.05, 0) is 17.9 Å². The minimum atomic E-state index is 0.0843. The lowest BCUT2D eigenvalue weighted by Gasteiger charge is -2.14. The standard InChI is InChI=1S/C10H14N2OS/c1-3-4-5-8(12-11)10-9(13-2)6-7-14-10/h1,6-8,12H,4-5,11H2,2H3. The van der Waals surface area contributed by atoms with E-state index >= 15 is 0 Å². The summed E-state index contributed by atoms with van der Waals surface area (Å²) in [4.78, 5) is 1.10. The van der Waals surface area contributed by atoms with E-state index in [1.807, 2.05) is 11.4 Å². The molecule has 0 aliphatic rings. The monoisotopic (exact) mass is 210 g/mol. The molecular formula is C10H14N2OS. The van der Waals surface area contributed by atoms with Gasteiger partial charge >= 0.3 is 0 Å². The molecule has 4 heteroatoms. The largest absolute Gasteiger partial charge is 0.496 e. The van der Waals surface area contributed by atoms with Crippen LogP contribution >= 0.6 is 11.3 Å². The van der Waals surface area contributed by atoms with Crippen molar-refractivity contribution in [3.8, 4) is 18.1 Å². The summed E-state index contributed by atoms with van der Waals surface area (Å²) in [5, 5.41) is 1.98. The Balaban J connectivity index is 2.73. The van der Waals surface area contributed by atoms with E-state index < -0.39 is 0 Å². The van der Waals surface area contributed by atoms with Crippen LogP contribution in [0.2, 0.25) is 0 Å². The third kappa shape index (κ3) is 2.48. The molecule has 1 unspecified atom stereocenters. The van der Waals surface area contributed by atoms with Crippen molar-refractivity contribution >= 4 is 11.3 Å². The Morgan fingerprint density at radius 3 is 3.14 bits per heavy atom. The van der Waals surface area contributed by atoms with E-state index in [0.717, 1.165) is 17.0 Å². The molecule has 1 aromatic heterocycles. The second-order valence-corrected chi connectivity index (χ2v) is 3.76. The smallest absolute Gasteiger partial charge is 0.134 e. The van der Waals surface area contributed by atoms with Gasteiger partial charge in [-0.3, -0.25) is 11.3 Å². The van der Waals surface area contributed by atoms with Crippen LogP contribution in [0.25, 0.3) is 0 Å². The van der Waals surface area contributed by atoms with E-state index in [-0.39, 0.29) is 6.04 Å². The topological polar surface area (TPSA) is 47.3 Å². The van der Waals surface area contributed by atoms with Gasteiger partial charge in [-0.1, -0.05) is 0 Å². The molecular weight excluding hydrogens is 196 g/mol. The highest BCUT2D eigenvalue weighted by Gasteiger charge is 2.15. The van der Waals surface area contributed by atoms with Crippen LogP contribution in [0, 0.1) is 12.3 Å². The summed E-state index contributed by atoms with van der Waals surface area (Å²) in [5.41, 5.74) is 2.75. The van der Waals surface area contributed by atoms with Crippen molar-refractivity contribution in [1.29, 1.82) is 0 Å². The summed E-state index contributed by atoms with van der Waals surface area (Å²) in [5.74, 6) is 8.93. The fourth-order valence-corrected chi connectivity index (χ4v) is 2.21. The van der Waals surface area contributed by atoms with Crippen molar-refractivity contribution in [2.45, 2.75) is 18.9 Å². The van der Waals surface area contributed by atoms with Crippen LogP contribution in [-0.2, 0) is 0 Å². The molecule has 76 valence electrons. The van der Waals surface area contributed by atoms with E-state index in [1.54, 1.807) is 18.4 Å². The van der Waals surface area contributed by atoms with Gasteiger partial charge in [0.05, 0.1) is 18.0 Å². The predicted molar refractivity (Wildman–Crippen MR) is 59.0 cm³/mol. The van der Waals surface area contributed by atoms with Gasteiger partial charge in [-0.25, -0.2) is 0 Å². The molecule has 0 aliphatic heterocycles. The van der Waals surface area contributed by atoms with Gasteiger partial charge in [0.25, 0.3) is 0 Å². The van der Waals surface area contributed by atoms with Crippen LogP contribution in [0.3, 0.4) is 0 Å². The summed E-state index contributed by atoms with van der Waals surface area (Å²) < 4.78 is 5.21. The molecule has 3 nitrogen and oxygen atoms in total. The number of rotatable bonds is 5. The predicted octanol–water partition coefficient (Wildman–Crippen LogP) is 1.67. The lowest BCUT2D eigenvalue weighted by molar-refractivity contribution is 0.401. The number of ether oxygens (including phenoxy) is 1. The van der Waals surface area contributed by atoms with Crippen LogP contribution in [0.15, 0.2) is 11.4 Å². The maximum Gasteiger partial charge on any atom is 0.134 e. The zero-order valence-corrected chi connectivity index (χ0v) is 8.93. The number of methoxy groups -OCH3 is 1.